The van der Waals surface area contributed by atoms with E-state index in [1.165, 1.54) is 43.5 Å². The molecule has 1 N–H and O–H groups in total. The number of nitro benzene ring substituents is 2. The molecule has 3 aromatic carbocycles. The van der Waals surface area contributed by atoms with Crippen LogP contribution in [0.2, 0.25) is 5.02 Å². The van der Waals surface area contributed by atoms with E-state index in [1.54, 1.807) is 12.1 Å². The molecule has 1 saturated heterocycles. The lowest BCUT2D eigenvalue weighted by molar-refractivity contribution is -0.394. The predicted octanol–water partition coefficient (Wildman–Crippen LogP) is 5.35. The van der Waals surface area contributed by atoms with E-state index in [2.05, 4.69) is 11.9 Å². The first-order chi connectivity index (χ1) is 19.5. The van der Waals surface area contributed by atoms with E-state index >= 15 is 0 Å². The van der Waals surface area contributed by atoms with Gasteiger partial charge in [0.05, 0.1) is 33.7 Å². The van der Waals surface area contributed by atoms with Crippen LogP contribution in [-0.2, 0) is 16.0 Å². The Bertz CT molecular complexity index is 1670. The van der Waals surface area contributed by atoms with Crippen molar-refractivity contribution in [1.29, 1.82) is 0 Å². The first kappa shape index (κ1) is 28.4. The summed E-state index contributed by atoms with van der Waals surface area (Å²) in [5.41, 5.74) is -0.767. The molecule has 13 nitrogen and oxygen atoms in total. The zero-order valence-electron chi connectivity index (χ0n) is 21.2. The highest BCUT2D eigenvalue weighted by molar-refractivity contribution is 6.42. The van der Waals surface area contributed by atoms with E-state index in [4.69, 9.17) is 21.1 Å². The van der Waals surface area contributed by atoms with Gasteiger partial charge in [0.15, 0.2) is 11.5 Å². The van der Waals surface area contributed by atoms with Gasteiger partial charge in [-0.15, -0.1) is 6.58 Å². The van der Waals surface area contributed by atoms with Gasteiger partial charge in [-0.1, -0.05) is 29.8 Å². The number of carbonyl (C=O) groups excluding carboxylic acids is 3. The summed E-state index contributed by atoms with van der Waals surface area (Å²) < 4.78 is 11.3. The maximum absolute atomic E-state index is 13.3. The van der Waals surface area contributed by atoms with Gasteiger partial charge in [-0.25, -0.2) is 9.69 Å². The van der Waals surface area contributed by atoms with E-state index < -0.39 is 39.1 Å². The molecule has 0 atom stereocenters. The molecule has 0 aromatic heterocycles. The molecule has 14 heteroatoms. The van der Waals surface area contributed by atoms with Crippen LogP contribution in [0.3, 0.4) is 0 Å². The zero-order chi connectivity index (χ0) is 29.8. The lowest BCUT2D eigenvalue weighted by Gasteiger charge is -2.27. The monoisotopic (exact) mass is 578 g/mol. The zero-order valence-corrected chi connectivity index (χ0v) is 21.9. The van der Waals surface area contributed by atoms with Crippen molar-refractivity contribution in [2.75, 3.05) is 12.0 Å². The number of nitrogens with one attached hydrogen (secondary N) is 1. The number of carbonyl (C=O) groups is 3. The molecule has 1 aliphatic rings. The Labute approximate surface area is 236 Å². The Balaban J connectivity index is 1.79. The SMILES string of the molecule is C=CCc1cc(/C=C2\C(=O)NC(=O)N(c3ccccc3Cl)C2=O)cc(OC)c1Oc1ccc([N+](=O)[O-])cc1[N+](=O)[O-]. The second-order valence-electron chi connectivity index (χ2n) is 8.38. The first-order valence-corrected chi connectivity index (χ1v) is 12.0. The average Bonchev–Trinajstić information content (AvgIpc) is 2.93. The van der Waals surface area contributed by atoms with Gasteiger partial charge in [-0.3, -0.25) is 35.1 Å². The number of anilines is 1. The standard InChI is InChI=1S/C27H19ClN4O9/c1-3-6-16-11-15(12-18-25(33)29-27(35)30(26(18)34)20-8-5-4-7-19(20)28)13-23(40-2)24(16)41-22-10-9-17(31(36)37)14-21(22)32(38)39/h3-5,7-14H,1,6H2,2H3,(H,29,33,35)/b18-12+. The summed E-state index contributed by atoms with van der Waals surface area (Å²) in [6.45, 7) is 3.70. The molecule has 41 heavy (non-hydrogen) atoms. The van der Waals surface area contributed by atoms with E-state index in [0.29, 0.717) is 5.56 Å². The number of urea groups is 1. The van der Waals surface area contributed by atoms with Crippen molar-refractivity contribution in [3.05, 3.63) is 109 Å². The van der Waals surface area contributed by atoms with Crippen LogP contribution in [0.5, 0.6) is 17.2 Å². The maximum atomic E-state index is 13.3. The van der Waals surface area contributed by atoms with Crippen LogP contribution < -0.4 is 19.7 Å². The number of imide groups is 2. The van der Waals surface area contributed by atoms with Crippen LogP contribution in [0.25, 0.3) is 6.08 Å². The van der Waals surface area contributed by atoms with E-state index in [9.17, 15) is 34.6 Å². The van der Waals surface area contributed by atoms with Gasteiger partial charge < -0.3 is 9.47 Å². The predicted molar refractivity (Wildman–Crippen MR) is 147 cm³/mol. The number of non-ortho nitro benzene ring substituents is 1. The molecular formula is C27H19ClN4O9. The minimum Gasteiger partial charge on any atom is -0.493 e. The third-order valence-corrected chi connectivity index (χ3v) is 6.13. The van der Waals surface area contributed by atoms with Crippen molar-refractivity contribution >= 4 is 52.6 Å². The van der Waals surface area contributed by atoms with E-state index in [-0.39, 0.29) is 45.5 Å². The first-order valence-electron chi connectivity index (χ1n) is 11.6. The molecule has 4 amide bonds. The minimum absolute atomic E-state index is 0.0406. The van der Waals surface area contributed by atoms with Gasteiger partial charge in [-0.05, 0) is 48.4 Å². The van der Waals surface area contributed by atoms with Crippen molar-refractivity contribution in [2.24, 2.45) is 0 Å². The number of nitro groups is 2. The minimum atomic E-state index is -0.969. The second kappa shape index (κ2) is 11.7. The summed E-state index contributed by atoms with van der Waals surface area (Å²) in [6.07, 6.45) is 2.91. The highest BCUT2D eigenvalue weighted by Crippen LogP contribution is 2.41. The topological polar surface area (TPSA) is 171 Å². The summed E-state index contributed by atoms with van der Waals surface area (Å²) >= 11 is 6.17. The third-order valence-electron chi connectivity index (χ3n) is 5.81. The second-order valence-corrected chi connectivity index (χ2v) is 8.79. The Morgan fingerprint density at radius 2 is 1.76 bits per heavy atom. The van der Waals surface area contributed by atoms with Gasteiger partial charge in [-0.2, -0.15) is 0 Å². The summed E-state index contributed by atoms with van der Waals surface area (Å²) in [5, 5.41) is 24.9. The van der Waals surface area contributed by atoms with Gasteiger partial charge in [0.25, 0.3) is 17.5 Å². The Kier molecular flexibility index (Phi) is 8.10. The van der Waals surface area contributed by atoms with E-state index in [1.807, 2.05) is 0 Å². The van der Waals surface area contributed by atoms with Crippen LogP contribution >= 0.6 is 11.6 Å². The molecule has 0 aliphatic carbocycles. The molecule has 4 rings (SSSR count). The lowest BCUT2D eigenvalue weighted by atomic mass is 10.0. The number of benzene rings is 3. The van der Waals surface area contributed by atoms with Crippen LogP contribution in [0, 0.1) is 20.2 Å². The molecule has 0 radical (unpaired) electrons. The molecule has 0 spiro atoms. The van der Waals surface area contributed by atoms with Crippen LogP contribution in [0.15, 0.2) is 72.8 Å². The van der Waals surface area contributed by atoms with Crippen molar-refractivity contribution in [1.82, 2.24) is 5.32 Å². The largest absolute Gasteiger partial charge is 0.493 e. The summed E-state index contributed by atoms with van der Waals surface area (Å²) in [4.78, 5) is 60.3. The molecular weight excluding hydrogens is 560 g/mol. The number of barbiturate groups is 1. The number of allylic oxidation sites excluding steroid dienone is 1. The number of methoxy groups -OCH3 is 1. The molecule has 0 saturated carbocycles. The number of ether oxygens (including phenoxy) is 2. The molecule has 1 fully saturated rings. The number of nitrogens with zero attached hydrogens (tertiary/aromatic N) is 3. The highest BCUT2D eigenvalue weighted by atomic mass is 35.5. The van der Waals surface area contributed by atoms with Gasteiger partial charge in [0, 0.05) is 11.6 Å². The molecule has 3 aromatic rings. The van der Waals surface area contributed by atoms with E-state index in [0.717, 1.165) is 23.1 Å². The van der Waals surface area contributed by atoms with Crippen LogP contribution in [0.1, 0.15) is 11.1 Å². The Morgan fingerprint density at radius 3 is 2.39 bits per heavy atom. The smallest absolute Gasteiger partial charge is 0.335 e. The molecule has 1 heterocycles. The summed E-state index contributed by atoms with van der Waals surface area (Å²) in [7, 11) is 1.30. The molecule has 0 unspecified atom stereocenters. The van der Waals surface area contributed by atoms with Crippen molar-refractivity contribution < 1.29 is 33.7 Å². The van der Waals surface area contributed by atoms with Crippen LogP contribution in [0.4, 0.5) is 21.9 Å². The molecule has 208 valence electrons. The molecule has 1 aliphatic heterocycles. The number of hydrogen-bond donors (Lipinski definition) is 1. The quantitative estimate of drug-likeness (QED) is 0.115. The third kappa shape index (κ3) is 5.74. The number of halogens is 1. The number of para-hydroxylation sites is 1. The molecule has 0 bridgehead atoms. The summed E-state index contributed by atoms with van der Waals surface area (Å²) in [6, 6.07) is 11.0. The lowest BCUT2D eigenvalue weighted by Crippen LogP contribution is -2.54. The Hall–Kier alpha value is -5.56. The number of rotatable bonds is 9. The van der Waals surface area contributed by atoms with Crippen LogP contribution in [-0.4, -0.2) is 34.8 Å². The Morgan fingerprint density at radius 1 is 1.02 bits per heavy atom. The fourth-order valence-corrected chi connectivity index (χ4v) is 4.20. The number of hydrogen-bond acceptors (Lipinski definition) is 9. The van der Waals surface area contributed by atoms with Crippen molar-refractivity contribution in [3.8, 4) is 17.2 Å². The summed E-state index contributed by atoms with van der Waals surface area (Å²) in [5.74, 6) is -2.04. The fraction of sp³-hybridized carbons (Fsp3) is 0.0741. The normalized spacial score (nSPS) is 14.0. The van der Waals surface area contributed by atoms with Crippen molar-refractivity contribution in [3.63, 3.8) is 0 Å². The van der Waals surface area contributed by atoms with Gasteiger partial charge in [0.1, 0.15) is 5.57 Å². The maximum Gasteiger partial charge on any atom is 0.335 e. The number of amides is 4. The van der Waals surface area contributed by atoms with Gasteiger partial charge in [0.2, 0.25) is 5.75 Å². The van der Waals surface area contributed by atoms with Gasteiger partial charge >= 0.3 is 11.7 Å². The highest BCUT2D eigenvalue weighted by Gasteiger charge is 2.37. The fourth-order valence-electron chi connectivity index (χ4n) is 3.98. The average molecular weight is 579 g/mol. The van der Waals surface area contributed by atoms with Crippen molar-refractivity contribution in [2.45, 2.75) is 6.42 Å².